The fourth-order valence-corrected chi connectivity index (χ4v) is 3.97. The van der Waals surface area contributed by atoms with Crippen LogP contribution in [-0.4, -0.2) is 55.0 Å². The van der Waals surface area contributed by atoms with Gasteiger partial charge in [-0.3, -0.25) is 9.69 Å². The number of halogens is 1. The van der Waals surface area contributed by atoms with Crippen LogP contribution in [0.3, 0.4) is 0 Å². The van der Waals surface area contributed by atoms with Crippen molar-refractivity contribution in [1.82, 2.24) is 15.1 Å². The van der Waals surface area contributed by atoms with E-state index in [2.05, 4.69) is 61.4 Å². The van der Waals surface area contributed by atoms with Crippen LogP contribution in [0.4, 0.5) is 0 Å². The summed E-state index contributed by atoms with van der Waals surface area (Å²) in [5, 5.41) is 3.05. The number of nitrogens with one attached hydrogen (secondary N) is 1. The molecular weight excluding hydrogens is 402 g/mol. The zero-order valence-corrected chi connectivity index (χ0v) is 17.5. The summed E-state index contributed by atoms with van der Waals surface area (Å²) in [5.74, 6) is 0.0210. The lowest BCUT2D eigenvalue weighted by Crippen LogP contribution is -2.46. The van der Waals surface area contributed by atoms with Gasteiger partial charge in [-0.1, -0.05) is 46.3 Å². The summed E-state index contributed by atoms with van der Waals surface area (Å²) < 4.78 is 1.00. The molecule has 0 aliphatic carbocycles. The molecule has 5 heteroatoms. The van der Waals surface area contributed by atoms with Gasteiger partial charge in [0.1, 0.15) is 0 Å². The zero-order chi connectivity index (χ0) is 19.1. The summed E-state index contributed by atoms with van der Waals surface area (Å²) in [6.45, 7) is 9.20. The molecule has 1 aliphatic heterocycles. The number of carbonyl (C=O) groups is 1. The van der Waals surface area contributed by atoms with E-state index in [-0.39, 0.29) is 5.91 Å². The van der Waals surface area contributed by atoms with Crippen molar-refractivity contribution >= 4 is 21.8 Å². The van der Waals surface area contributed by atoms with Crippen molar-refractivity contribution in [1.29, 1.82) is 0 Å². The number of rotatable bonds is 7. The Balaban J connectivity index is 1.33. The Kier molecular flexibility index (Phi) is 7.44. The second-order valence-electron chi connectivity index (χ2n) is 7.17. The molecule has 0 saturated carbocycles. The minimum absolute atomic E-state index is 0.0210. The molecule has 0 atom stereocenters. The van der Waals surface area contributed by atoms with Crippen LogP contribution in [0.25, 0.3) is 0 Å². The molecule has 0 unspecified atom stereocenters. The Labute approximate surface area is 170 Å². The van der Waals surface area contributed by atoms with E-state index in [9.17, 15) is 4.79 Å². The molecule has 1 amide bonds. The van der Waals surface area contributed by atoms with Crippen LogP contribution in [0.5, 0.6) is 0 Å². The van der Waals surface area contributed by atoms with Crippen molar-refractivity contribution in [2.75, 3.05) is 39.3 Å². The third-order valence-corrected chi connectivity index (χ3v) is 5.58. The maximum absolute atomic E-state index is 12.3. The van der Waals surface area contributed by atoms with Crippen molar-refractivity contribution < 1.29 is 4.79 Å². The van der Waals surface area contributed by atoms with E-state index >= 15 is 0 Å². The summed E-state index contributed by atoms with van der Waals surface area (Å²) in [7, 11) is 0. The number of piperazine rings is 1. The van der Waals surface area contributed by atoms with Crippen molar-refractivity contribution in [2.24, 2.45) is 0 Å². The van der Waals surface area contributed by atoms with Crippen LogP contribution in [0.1, 0.15) is 27.9 Å². The fraction of sp³-hybridized carbons (Fsp3) is 0.409. The van der Waals surface area contributed by atoms with Crippen LogP contribution < -0.4 is 5.32 Å². The highest BCUT2D eigenvalue weighted by molar-refractivity contribution is 9.10. The van der Waals surface area contributed by atoms with Gasteiger partial charge < -0.3 is 10.2 Å². The molecule has 0 bridgehead atoms. The number of aryl methyl sites for hydroxylation is 1. The monoisotopic (exact) mass is 429 g/mol. The van der Waals surface area contributed by atoms with Crippen molar-refractivity contribution in [2.45, 2.75) is 19.9 Å². The molecule has 1 heterocycles. The minimum atomic E-state index is 0.0210. The number of carbonyl (C=O) groups excluding carboxylic acids is 1. The van der Waals surface area contributed by atoms with Gasteiger partial charge in [-0.15, -0.1) is 0 Å². The largest absolute Gasteiger partial charge is 0.352 e. The Hall–Kier alpha value is -1.69. The van der Waals surface area contributed by atoms with E-state index < -0.39 is 0 Å². The lowest BCUT2D eigenvalue weighted by molar-refractivity contribution is 0.0946. The highest BCUT2D eigenvalue weighted by Crippen LogP contribution is 2.15. The molecule has 0 aromatic heterocycles. The Bertz CT molecular complexity index is 742. The molecule has 1 saturated heterocycles. The number of amides is 1. The number of hydrogen-bond acceptors (Lipinski definition) is 3. The lowest BCUT2D eigenvalue weighted by atomic mass is 10.1. The molecule has 3 rings (SSSR count). The number of nitrogens with zero attached hydrogens (tertiary/aromatic N) is 2. The molecule has 1 aliphatic rings. The summed E-state index contributed by atoms with van der Waals surface area (Å²) in [4.78, 5) is 17.3. The van der Waals surface area contributed by atoms with Crippen molar-refractivity contribution in [3.8, 4) is 0 Å². The standard InChI is InChI=1S/C22H28BrN3O/c1-18-16-20(23)8-9-21(18)22(27)24-10-5-11-25-12-14-26(15-13-25)17-19-6-3-2-4-7-19/h2-4,6-9,16H,5,10-15,17H2,1H3,(H,24,27). The van der Waals surface area contributed by atoms with Gasteiger partial charge in [-0.25, -0.2) is 0 Å². The molecule has 144 valence electrons. The first-order chi connectivity index (χ1) is 13.1. The zero-order valence-electron chi connectivity index (χ0n) is 16.0. The quantitative estimate of drug-likeness (QED) is 0.681. The smallest absolute Gasteiger partial charge is 0.251 e. The fourth-order valence-electron chi connectivity index (χ4n) is 3.49. The molecule has 27 heavy (non-hydrogen) atoms. The first-order valence-corrected chi connectivity index (χ1v) is 10.4. The average molecular weight is 430 g/mol. The van der Waals surface area contributed by atoms with E-state index in [1.165, 1.54) is 5.56 Å². The van der Waals surface area contributed by atoms with Crippen LogP contribution >= 0.6 is 15.9 Å². The second-order valence-corrected chi connectivity index (χ2v) is 8.09. The first-order valence-electron chi connectivity index (χ1n) is 9.65. The van der Waals surface area contributed by atoms with E-state index in [0.29, 0.717) is 0 Å². The van der Waals surface area contributed by atoms with E-state index in [4.69, 9.17) is 0 Å². The molecule has 1 fully saturated rings. The Morgan fingerprint density at radius 1 is 1.04 bits per heavy atom. The van der Waals surface area contributed by atoms with Crippen molar-refractivity contribution in [3.63, 3.8) is 0 Å². The van der Waals surface area contributed by atoms with Gasteiger partial charge in [-0.05, 0) is 49.2 Å². The third kappa shape index (κ3) is 6.16. The third-order valence-electron chi connectivity index (χ3n) is 5.08. The van der Waals surface area contributed by atoms with E-state index in [1.807, 2.05) is 25.1 Å². The van der Waals surface area contributed by atoms with E-state index in [1.54, 1.807) is 0 Å². The maximum atomic E-state index is 12.3. The first kappa shape index (κ1) is 20.1. The predicted molar refractivity (Wildman–Crippen MR) is 114 cm³/mol. The Morgan fingerprint density at radius 3 is 2.44 bits per heavy atom. The maximum Gasteiger partial charge on any atom is 0.251 e. The van der Waals surface area contributed by atoms with Gasteiger partial charge in [0.15, 0.2) is 0 Å². The van der Waals surface area contributed by atoms with Gasteiger partial charge in [0.05, 0.1) is 0 Å². The van der Waals surface area contributed by atoms with Gasteiger partial charge >= 0.3 is 0 Å². The minimum Gasteiger partial charge on any atom is -0.352 e. The topological polar surface area (TPSA) is 35.6 Å². The normalized spacial score (nSPS) is 15.6. The molecule has 2 aromatic carbocycles. The SMILES string of the molecule is Cc1cc(Br)ccc1C(=O)NCCCN1CCN(Cc2ccccc2)CC1. The van der Waals surface area contributed by atoms with Crippen LogP contribution in [-0.2, 0) is 6.54 Å². The van der Waals surface area contributed by atoms with Crippen LogP contribution in [0.2, 0.25) is 0 Å². The average Bonchev–Trinajstić information content (AvgIpc) is 2.67. The molecule has 0 radical (unpaired) electrons. The van der Waals surface area contributed by atoms with Crippen molar-refractivity contribution in [3.05, 3.63) is 69.7 Å². The summed E-state index contributed by atoms with van der Waals surface area (Å²) in [6, 6.07) is 16.4. The van der Waals surface area contributed by atoms with Gasteiger partial charge in [0, 0.05) is 49.3 Å². The molecule has 0 spiro atoms. The number of hydrogen-bond donors (Lipinski definition) is 1. The molecule has 2 aromatic rings. The summed E-state index contributed by atoms with van der Waals surface area (Å²) >= 11 is 3.44. The Morgan fingerprint density at radius 2 is 1.74 bits per heavy atom. The summed E-state index contributed by atoms with van der Waals surface area (Å²) in [5.41, 5.74) is 3.14. The number of benzene rings is 2. The van der Waals surface area contributed by atoms with Crippen LogP contribution in [0, 0.1) is 6.92 Å². The molecule has 4 nitrogen and oxygen atoms in total. The van der Waals surface area contributed by atoms with Gasteiger partial charge in [-0.2, -0.15) is 0 Å². The van der Waals surface area contributed by atoms with Gasteiger partial charge in [0.2, 0.25) is 0 Å². The second kappa shape index (κ2) is 10.0. The molecular formula is C22H28BrN3O. The lowest BCUT2D eigenvalue weighted by Gasteiger charge is -2.34. The van der Waals surface area contributed by atoms with Gasteiger partial charge in [0.25, 0.3) is 5.91 Å². The van der Waals surface area contributed by atoms with Crippen LogP contribution in [0.15, 0.2) is 53.0 Å². The van der Waals surface area contributed by atoms with E-state index in [0.717, 1.165) is 67.8 Å². The highest BCUT2D eigenvalue weighted by atomic mass is 79.9. The predicted octanol–water partition coefficient (Wildman–Crippen LogP) is 3.70. The highest BCUT2D eigenvalue weighted by Gasteiger charge is 2.16. The molecule has 1 N–H and O–H groups in total. The summed E-state index contributed by atoms with van der Waals surface area (Å²) in [6.07, 6.45) is 0.986.